The van der Waals surface area contributed by atoms with Gasteiger partial charge in [0.15, 0.2) is 16.4 Å². The second-order valence-corrected chi connectivity index (χ2v) is 9.95. The van der Waals surface area contributed by atoms with Crippen LogP contribution in [0.1, 0.15) is 37.0 Å². The molecule has 0 spiro atoms. The first-order chi connectivity index (χ1) is 14.8. The summed E-state index contributed by atoms with van der Waals surface area (Å²) < 4.78 is 29.6. The van der Waals surface area contributed by atoms with Crippen molar-refractivity contribution in [1.82, 2.24) is 4.90 Å². The number of carbonyl (C=O) groups excluding carboxylic acids is 2. The van der Waals surface area contributed by atoms with Crippen molar-refractivity contribution in [2.45, 2.75) is 38.8 Å². The molecule has 8 heteroatoms. The van der Waals surface area contributed by atoms with E-state index in [-0.39, 0.29) is 42.0 Å². The van der Waals surface area contributed by atoms with E-state index in [9.17, 15) is 18.0 Å². The van der Waals surface area contributed by atoms with Crippen LogP contribution >= 0.6 is 0 Å². The minimum absolute atomic E-state index is 0.0147. The van der Waals surface area contributed by atoms with E-state index in [4.69, 9.17) is 4.74 Å². The summed E-state index contributed by atoms with van der Waals surface area (Å²) in [7, 11) is -3.12. The minimum atomic E-state index is -3.12. The van der Waals surface area contributed by atoms with E-state index in [0.29, 0.717) is 29.8 Å². The van der Waals surface area contributed by atoms with Gasteiger partial charge in [0.1, 0.15) is 5.75 Å². The van der Waals surface area contributed by atoms with Crippen molar-refractivity contribution in [3.63, 3.8) is 0 Å². The molecule has 1 saturated heterocycles. The van der Waals surface area contributed by atoms with Crippen LogP contribution in [0.25, 0.3) is 0 Å². The fourth-order valence-electron chi connectivity index (χ4n) is 3.71. The molecule has 7 nitrogen and oxygen atoms in total. The Labute approximate surface area is 183 Å². The van der Waals surface area contributed by atoms with Crippen molar-refractivity contribution in [2.75, 3.05) is 23.4 Å². The van der Waals surface area contributed by atoms with Crippen LogP contribution in [-0.4, -0.2) is 55.3 Å². The van der Waals surface area contributed by atoms with Gasteiger partial charge in [-0.1, -0.05) is 37.3 Å². The summed E-state index contributed by atoms with van der Waals surface area (Å²) in [4.78, 5) is 27.3. The number of rotatable bonds is 8. The molecule has 1 aliphatic rings. The molecule has 1 fully saturated rings. The highest BCUT2D eigenvalue weighted by molar-refractivity contribution is 7.91. The van der Waals surface area contributed by atoms with Crippen LogP contribution in [0.5, 0.6) is 5.75 Å². The van der Waals surface area contributed by atoms with E-state index in [0.717, 1.165) is 0 Å². The van der Waals surface area contributed by atoms with E-state index < -0.39 is 9.84 Å². The molecule has 1 aliphatic heterocycles. The van der Waals surface area contributed by atoms with Crippen molar-refractivity contribution >= 4 is 27.3 Å². The first-order valence-corrected chi connectivity index (χ1v) is 12.2. The Hall–Kier alpha value is -2.87. The summed E-state index contributed by atoms with van der Waals surface area (Å²) in [6.45, 7) is 3.60. The molecule has 0 saturated carbocycles. The van der Waals surface area contributed by atoms with Crippen LogP contribution in [0, 0.1) is 0 Å². The summed E-state index contributed by atoms with van der Waals surface area (Å²) in [5, 5.41) is 2.81. The number of amides is 2. The highest BCUT2D eigenvalue weighted by atomic mass is 32.2. The van der Waals surface area contributed by atoms with Crippen molar-refractivity contribution in [3.8, 4) is 5.75 Å². The lowest BCUT2D eigenvalue weighted by molar-refractivity contribution is -0.137. The third kappa shape index (κ3) is 5.85. The zero-order valence-corrected chi connectivity index (χ0v) is 18.6. The average molecular weight is 445 g/mol. The number of hydrogen-bond acceptors (Lipinski definition) is 5. The summed E-state index contributed by atoms with van der Waals surface area (Å²) in [5.41, 5.74) is 0.974. The maximum atomic E-state index is 13.0. The molecule has 2 atom stereocenters. The number of hydrogen-bond donors (Lipinski definition) is 1. The summed E-state index contributed by atoms with van der Waals surface area (Å²) >= 11 is 0. The number of benzene rings is 2. The molecular weight excluding hydrogens is 416 g/mol. The van der Waals surface area contributed by atoms with Crippen LogP contribution < -0.4 is 10.1 Å². The number of para-hydroxylation sites is 2. The average Bonchev–Trinajstić information content (AvgIpc) is 3.12. The number of nitrogens with zero attached hydrogens (tertiary/aromatic N) is 1. The zero-order valence-electron chi connectivity index (χ0n) is 17.8. The van der Waals surface area contributed by atoms with E-state index in [1.54, 1.807) is 41.3 Å². The molecule has 2 unspecified atom stereocenters. The lowest BCUT2D eigenvalue weighted by Crippen LogP contribution is -2.48. The van der Waals surface area contributed by atoms with Gasteiger partial charge < -0.3 is 15.0 Å². The Kier molecular flexibility index (Phi) is 7.33. The molecule has 1 heterocycles. The normalized spacial score (nSPS) is 18.2. The number of ether oxygens (including phenoxy) is 1. The lowest BCUT2D eigenvalue weighted by Gasteiger charge is -2.33. The van der Waals surface area contributed by atoms with Crippen molar-refractivity contribution in [1.29, 1.82) is 0 Å². The second-order valence-electron chi connectivity index (χ2n) is 7.72. The van der Waals surface area contributed by atoms with Crippen LogP contribution in [-0.2, 0) is 14.6 Å². The molecule has 31 heavy (non-hydrogen) atoms. The fourth-order valence-corrected chi connectivity index (χ4v) is 5.43. The Bertz CT molecular complexity index is 1020. The topological polar surface area (TPSA) is 92.8 Å². The third-order valence-corrected chi connectivity index (χ3v) is 7.22. The van der Waals surface area contributed by atoms with Crippen LogP contribution in [0.2, 0.25) is 0 Å². The largest absolute Gasteiger partial charge is 0.483 e. The standard InChI is InChI=1S/C23H28N2O5S/c1-3-17(2)25(19-13-14-31(28,29)16-19)22(26)15-30-21-12-8-7-11-20(21)23(27)24-18-9-5-4-6-10-18/h4-12,17,19H,3,13-16H2,1-2H3,(H,24,27). The first kappa shape index (κ1) is 22.8. The van der Waals surface area contributed by atoms with Gasteiger partial charge in [0.05, 0.1) is 17.1 Å². The van der Waals surface area contributed by atoms with Gasteiger partial charge in [-0.25, -0.2) is 8.42 Å². The minimum Gasteiger partial charge on any atom is -0.483 e. The SMILES string of the molecule is CCC(C)N(C(=O)COc1ccccc1C(=O)Nc1ccccc1)C1CCS(=O)(=O)C1. The van der Waals surface area contributed by atoms with Gasteiger partial charge in [-0.2, -0.15) is 0 Å². The van der Waals surface area contributed by atoms with E-state index >= 15 is 0 Å². The Morgan fingerprint density at radius 1 is 1.13 bits per heavy atom. The summed E-state index contributed by atoms with van der Waals surface area (Å²) in [6.07, 6.45) is 1.15. The maximum absolute atomic E-state index is 13.0. The summed E-state index contributed by atoms with van der Waals surface area (Å²) in [5.74, 6) is -0.238. The van der Waals surface area contributed by atoms with Gasteiger partial charge in [-0.05, 0) is 44.0 Å². The molecule has 2 aromatic rings. The number of carbonyl (C=O) groups is 2. The van der Waals surface area contributed by atoms with E-state index in [1.807, 2.05) is 32.0 Å². The Balaban J connectivity index is 1.71. The highest BCUT2D eigenvalue weighted by Gasteiger charge is 2.36. The third-order valence-electron chi connectivity index (χ3n) is 5.47. The van der Waals surface area contributed by atoms with Gasteiger partial charge in [0.2, 0.25) is 0 Å². The molecule has 3 rings (SSSR count). The molecule has 166 valence electrons. The van der Waals surface area contributed by atoms with Gasteiger partial charge in [-0.3, -0.25) is 9.59 Å². The predicted octanol–water partition coefficient (Wildman–Crippen LogP) is 3.13. The Morgan fingerprint density at radius 3 is 2.45 bits per heavy atom. The smallest absolute Gasteiger partial charge is 0.261 e. The maximum Gasteiger partial charge on any atom is 0.261 e. The fraction of sp³-hybridized carbons (Fsp3) is 0.391. The number of sulfone groups is 1. The van der Waals surface area contributed by atoms with Crippen molar-refractivity contribution < 1.29 is 22.7 Å². The first-order valence-electron chi connectivity index (χ1n) is 10.4. The van der Waals surface area contributed by atoms with E-state index in [2.05, 4.69) is 5.32 Å². The number of nitrogens with one attached hydrogen (secondary N) is 1. The van der Waals surface area contributed by atoms with Crippen LogP contribution in [0.15, 0.2) is 54.6 Å². The highest BCUT2D eigenvalue weighted by Crippen LogP contribution is 2.23. The molecular formula is C23H28N2O5S. The second kappa shape index (κ2) is 9.96. The summed E-state index contributed by atoms with van der Waals surface area (Å²) in [6, 6.07) is 15.4. The van der Waals surface area contributed by atoms with Crippen LogP contribution in [0.4, 0.5) is 5.69 Å². The van der Waals surface area contributed by atoms with Gasteiger partial charge in [0.25, 0.3) is 11.8 Å². The van der Waals surface area contributed by atoms with Crippen molar-refractivity contribution in [3.05, 3.63) is 60.2 Å². The van der Waals surface area contributed by atoms with Crippen LogP contribution in [0.3, 0.4) is 0 Å². The van der Waals surface area contributed by atoms with Crippen molar-refractivity contribution in [2.24, 2.45) is 0 Å². The van der Waals surface area contributed by atoms with Gasteiger partial charge in [0, 0.05) is 17.8 Å². The molecule has 0 bridgehead atoms. The molecule has 0 aromatic heterocycles. The lowest BCUT2D eigenvalue weighted by atomic mass is 10.1. The monoisotopic (exact) mass is 444 g/mol. The zero-order chi connectivity index (χ0) is 22.4. The van der Waals surface area contributed by atoms with E-state index in [1.165, 1.54) is 0 Å². The molecule has 2 amide bonds. The molecule has 0 radical (unpaired) electrons. The van der Waals surface area contributed by atoms with Gasteiger partial charge in [-0.15, -0.1) is 0 Å². The predicted molar refractivity (Wildman–Crippen MR) is 120 cm³/mol. The quantitative estimate of drug-likeness (QED) is 0.675. The number of anilines is 1. The molecule has 1 N–H and O–H groups in total. The molecule has 2 aromatic carbocycles. The van der Waals surface area contributed by atoms with Gasteiger partial charge >= 0.3 is 0 Å². The molecule has 0 aliphatic carbocycles. The Morgan fingerprint density at radius 2 is 1.81 bits per heavy atom.